The van der Waals surface area contributed by atoms with Crippen LogP contribution in [0.2, 0.25) is 0 Å². The Balaban J connectivity index is 1.26. The molecular weight excluding hydrogens is 546 g/mol. The first-order valence-corrected chi connectivity index (χ1v) is 14.0. The van der Waals surface area contributed by atoms with E-state index >= 15 is 0 Å². The van der Waals surface area contributed by atoms with Crippen LogP contribution in [-0.4, -0.2) is 52.8 Å². The molecule has 9 nitrogen and oxygen atoms in total. The highest BCUT2D eigenvalue weighted by Crippen LogP contribution is 2.24. The zero-order valence-electron chi connectivity index (χ0n) is 21.3. The first-order chi connectivity index (χ1) is 18.5. The predicted octanol–water partition coefficient (Wildman–Crippen LogP) is 5.57. The number of piperidine rings is 2. The number of benzene rings is 2. The fraction of sp³-hybridized carbons (Fsp3) is 0.393. The molecule has 0 spiro atoms. The second-order valence-electron chi connectivity index (χ2n) is 9.72. The van der Waals surface area contributed by atoms with E-state index in [2.05, 4.69) is 36.4 Å². The molecule has 2 N–H and O–H groups in total. The van der Waals surface area contributed by atoms with Gasteiger partial charge < -0.3 is 20.4 Å². The van der Waals surface area contributed by atoms with E-state index in [0.29, 0.717) is 29.1 Å². The van der Waals surface area contributed by atoms with Crippen LogP contribution < -0.4 is 20.4 Å². The first kappa shape index (κ1) is 26.1. The van der Waals surface area contributed by atoms with E-state index in [9.17, 15) is 9.59 Å². The highest BCUT2D eigenvalue weighted by Gasteiger charge is 2.20. The maximum Gasteiger partial charge on any atom is 0.233 e. The Morgan fingerprint density at radius 1 is 0.763 bits per heavy atom. The monoisotopic (exact) mass is 577 g/mol. The van der Waals surface area contributed by atoms with Gasteiger partial charge in [-0.25, -0.2) is 0 Å². The Hall–Kier alpha value is -3.53. The molecule has 2 saturated heterocycles. The van der Waals surface area contributed by atoms with E-state index in [1.54, 1.807) is 24.3 Å². The van der Waals surface area contributed by atoms with Crippen LogP contribution in [0.5, 0.6) is 0 Å². The largest absolute Gasteiger partial charge is 0.341 e. The van der Waals surface area contributed by atoms with Crippen LogP contribution in [0, 0.1) is 0 Å². The third-order valence-electron chi connectivity index (χ3n) is 6.78. The van der Waals surface area contributed by atoms with Crippen LogP contribution >= 0.6 is 15.9 Å². The molecule has 5 rings (SSSR count). The Labute approximate surface area is 231 Å². The number of ketones is 1. The average Bonchev–Trinajstić information content (AvgIpc) is 2.94. The summed E-state index contributed by atoms with van der Waals surface area (Å²) in [4.78, 5) is 43.8. The van der Waals surface area contributed by atoms with Gasteiger partial charge in [0.1, 0.15) is 0 Å². The minimum atomic E-state index is -0.351. The maximum absolute atomic E-state index is 12.7. The van der Waals surface area contributed by atoms with E-state index in [1.807, 2.05) is 24.3 Å². The minimum Gasteiger partial charge on any atom is -0.341 e. The van der Waals surface area contributed by atoms with Gasteiger partial charge in [0.25, 0.3) is 0 Å². The topological polar surface area (TPSA) is 103 Å². The zero-order valence-corrected chi connectivity index (χ0v) is 22.9. The molecule has 0 radical (unpaired) electrons. The first-order valence-electron chi connectivity index (χ1n) is 13.3. The lowest BCUT2D eigenvalue weighted by molar-refractivity contribution is -0.115. The molecule has 0 atom stereocenters. The quantitative estimate of drug-likeness (QED) is 0.264. The Bertz CT molecular complexity index is 1240. The molecule has 1 amide bonds. The van der Waals surface area contributed by atoms with Crippen LogP contribution in [0.1, 0.15) is 55.3 Å². The predicted molar refractivity (Wildman–Crippen MR) is 153 cm³/mol. The van der Waals surface area contributed by atoms with Crippen molar-refractivity contribution in [2.45, 2.75) is 44.9 Å². The van der Waals surface area contributed by atoms with Crippen LogP contribution in [0.3, 0.4) is 0 Å². The number of hydrogen-bond donors (Lipinski definition) is 2. The van der Waals surface area contributed by atoms with E-state index in [-0.39, 0.29) is 18.1 Å². The van der Waals surface area contributed by atoms with Crippen molar-refractivity contribution in [2.24, 2.45) is 0 Å². The van der Waals surface area contributed by atoms with Crippen molar-refractivity contribution in [2.75, 3.05) is 46.6 Å². The third kappa shape index (κ3) is 6.86. The van der Waals surface area contributed by atoms with Crippen LogP contribution in [-0.2, 0) is 4.79 Å². The Morgan fingerprint density at radius 2 is 1.37 bits per heavy atom. The number of rotatable bonds is 8. The summed E-state index contributed by atoms with van der Waals surface area (Å²) in [5, 5.41) is 6.06. The molecule has 1 aromatic heterocycles. The fourth-order valence-electron chi connectivity index (χ4n) is 4.77. The number of nitrogens with zero attached hydrogens (tertiary/aromatic N) is 5. The van der Waals surface area contributed by atoms with E-state index in [1.165, 1.54) is 12.8 Å². The van der Waals surface area contributed by atoms with Gasteiger partial charge in [0.2, 0.25) is 23.8 Å². The summed E-state index contributed by atoms with van der Waals surface area (Å²) in [6.45, 7) is 3.81. The number of aromatic nitrogens is 3. The van der Waals surface area contributed by atoms with Crippen molar-refractivity contribution in [3.8, 4) is 0 Å². The van der Waals surface area contributed by atoms with Gasteiger partial charge in [-0.15, -0.1) is 0 Å². The average molecular weight is 579 g/mol. The molecule has 2 fully saturated rings. The minimum absolute atomic E-state index is 0.231. The van der Waals surface area contributed by atoms with Crippen molar-refractivity contribution < 1.29 is 9.59 Å². The number of halogens is 1. The van der Waals surface area contributed by atoms with Gasteiger partial charge in [-0.05, 0) is 81.0 Å². The van der Waals surface area contributed by atoms with Crippen LogP contribution in [0.4, 0.5) is 29.2 Å². The molecule has 38 heavy (non-hydrogen) atoms. The SMILES string of the molecule is O=C(CC(=O)c1ccc(Nc2nc(N3CCCCC3)nc(N3CCCCC3)n2)cc1)Nc1cccc(Br)c1. The summed E-state index contributed by atoms with van der Waals surface area (Å²) in [5.74, 6) is 1.32. The summed E-state index contributed by atoms with van der Waals surface area (Å²) in [6.07, 6.45) is 6.82. The number of amides is 1. The van der Waals surface area contributed by atoms with Crippen LogP contribution in [0.25, 0.3) is 0 Å². The lowest BCUT2D eigenvalue weighted by Gasteiger charge is -2.30. The van der Waals surface area contributed by atoms with Gasteiger partial charge >= 0.3 is 0 Å². The van der Waals surface area contributed by atoms with Gasteiger partial charge in [-0.3, -0.25) is 9.59 Å². The normalized spacial score (nSPS) is 15.7. The summed E-state index contributed by atoms with van der Waals surface area (Å²) in [5.41, 5.74) is 1.88. The smallest absolute Gasteiger partial charge is 0.233 e. The second kappa shape index (κ2) is 12.3. The number of carbonyl (C=O) groups is 2. The molecular formula is C28H32BrN7O2. The Kier molecular flexibility index (Phi) is 8.47. The number of carbonyl (C=O) groups excluding carboxylic acids is 2. The lowest BCUT2D eigenvalue weighted by Crippen LogP contribution is -2.34. The van der Waals surface area contributed by atoms with Crippen molar-refractivity contribution in [3.05, 3.63) is 58.6 Å². The van der Waals surface area contributed by atoms with Gasteiger partial charge in [-0.2, -0.15) is 15.0 Å². The van der Waals surface area contributed by atoms with Gasteiger partial charge in [0.05, 0.1) is 6.42 Å². The zero-order chi connectivity index (χ0) is 26.3. The molecule has 0 aliphatic carbocycles. The number of nitrogens with one attached hydrogen (secondary N) is 2. The maximum atomic E-state index is 12.7. The highest BCUT2D eigenvalue weighted by atomic mass is 79.9. The number of hydrogen-bond acceptors (Lipinski definition) is 8. The molecule has 0 saturated carbocycles. The van der Waals surface area contributed by atoms with E-state index in [0.717, 1.165) is 62.0 Å². The number of anilines is 5. The summed E-state index contributed by atoms with van der Waals surface area (Å²) in [6, 6.07) is 14.3. The second-order valence-corrected chi connectivity index (χ2v) is 10.6. The molecule has 2 aromatic carbocycles. The lowest BCUT2D eigenvalue weighted by atomic mass is 10.1. The standard InChI is InChI=1S/C28H32BrN7O2/c29-21-8-7-9-23(18-21)30-25(38)19-24(37)20-10-12-22(13-11-20)31-26-32-27(35-14-3-1-4-15-35)34-28(33-26)36-16-5-2-6-17-36/h7-13,18H,1-6,14-17,19H2,(H,30,38)(H,31,32,33,34). The van der Waals surface area contributed by atoms with Crippen molar-refractivity contribution in [1.82, 2.24) is 15.0 Å². The Morgan fingerprint density at radius 3 is 1.95 bits per heavy atom. The third-order valence-corrected chi connectivity index (χ3v) is 7.28. The van der Waals surface area contributed by atoms with E-state index in [4.69, 9.17) is 15.0 Å². The fourth-order valence-corrected chi connectivity index (χ4v) is 5.17. The summed E-state index contributed by atoms with van der Waals surface area (Å²) < 4.78 is 0.856. The van der Waals surface area contributed by atoms with Crippen LogP contribution in [0.15, 0.2) is 53.0 Å². The molecule has 0 unspecified atom stereocenters. The molecule has 3 heterocycles. The molecule has 2 aliphatic rings. The van der Waals surface area contributed by atoms with Crippen molar-refractivity contribution >= 4 is 56.8 Å². The van der Waals surface area contributed by atoms with Gasteiger partial charge in [0, 0.05) is 47.6 Å². The molecule has 10 heteroatoms. The summed E-state index contributed by atoms with van der Waals surface area (Å²) in [7, 11) is 0. The number of Topliss-reactive ketones (excluding diaryl/α,β-unsaturated/α-hetero) is 1. The van der Waals surface area contributed by atoms with Gasteiger partial charge in [0.15, 0.2) is 5.78 Å². The van der Waals surface area contributed by atoms with Crippen molar-refractivity contribution in [3.63, 3.8) is 0 Å². The molecule has 198 valence electrons. The van der Waals surface area contributed by atoms with Gasteiger partial charge in [-0.1, -0.05) is 22.0 Å². The van der Waals surface area contributed by atoms with Crippen molar-refractivity contribution in [1.29, 1.82) is 0 Å². The highest BCUT2D eigenvalue weighted by molar-refractivity contribution is 9.10. The summed E-state index contributed by atoms with van der Waals surface area (Å²) >= 11 is 3.38. The molecule has 2 aliphatic heterocycles. The molecule has 3 aromatic rings. The van der Waals surface area contributed by atoms with E-state index < -0.39 is 0 Å². The molecule has 0 bridgehead atoms.